The molecule has 2 bridgehead atoms. The average molecular weight is 307 g/mol. The summed E-state index contributed by atoms with van der Waals surface area (Å²) in [4.78, 5) is 2.55. The fraction of sp³-hybridized carbons (Fsp3) is 0.389. The van der Waals surface area contributed by atoms with Gasteiger partial charge in [-0.05, 0) is 18.8 Å². The molecular formula is C18H21N5. The number of nitrogens with zero attached hydrogens (tertiary/aromatic N) is 4. The second-order valence-corrected chi connectivity index (χ2v) is 6.84. The van der Waals surface area contributed by atoms with Crippen molar-refractivity contribution in [3.8, 4) is 11.3 Å². The van der Waals surface area contributed by atoms with Crippen molar-refractivity contribution in [2.45, 2.75) is 18.8 Å². The van der Waals surface area contributed by atoms with Crippen molar-refractivity contribution in [2.75, 3.05) is 23.7 Å². The van der Waals surface area contributed by atoms with E-state index in [1.54, 1.807) is 10.2 Å². The summed E-state index contributed by atoms with van der Waals surface area (Å²) >= 11 is 0. The van der Waals surface area contributed by atoms with Crippen LogP contribution < -0.4 is 10.6 Å². The van der Waals surface area contributed by atoms with Crippen LogP contribution in [0.25, 0.3) is 22.2 Å². The van der Waals surface area contributed by atoms with Crippen molar-refractivity contribution in [3.05, 3.63) is 29.8 Å². The van der Waals surface area contributed by atoms with Gasteiger partial charge in [0.05, 0.1) is 11.2 Å². The molecule has 5 nitrogen and oxygen atoms in total. The van der Waals surface area contributed by atoms with E-state index in [0.29, 0.717) is 11.7 Å². The predicted molar refractivity (Wildman–Crippen MR) is 93.7 cm³/mol. The van der Waals surface area contributed by atoms with Crippen LogP contribution in [0.2, 0.25) is 0 Å². The molecule has 2 aromatic heterocycles. The topological polar surface area (TPSA) is 52.0 Å². The first-order valence-electron chi connectivity index (χ1n) is 8.31. The number of hydrogen-bond acceptors (Lipinski definition) is 3. The number of hydrogen-bond donors (Lipinski definition) is 1. The third-order valence-corrected chi connectivity index (χ3v) is 5.61. The van der Waals surface area contributed by atoms with Gasteiger partial charge >= 0.3 is 0 Å². The highest BCUT2D eigenvalue weighted by molar-refractivity contribution is 6.00. The lowest BCUT2D eigenvalue weighted by Gasteiger charge is -2.41. The van der Waals surface area contributed by atoms with Crippen molar-refractivity contribution in [2.24, 2.45) is 14.1 Å². The lowest BCUT2D eigenvalue weighted by Crippen LogP contribution is -2.39. The zero-order valence-electron chi connectivity index (χ0n) is 13.6. The van der Waals surface area contributed by atoms with E-state index >= 15 is 0 Å². The number of benzene rings is 1. The van der Waals surface area contributed by atoms with Crippen LogP contribution in [0.3, 0.4) is 0 Å². The standard InChI is InChI=1S/C18H21N5/c1-21-17-12(14-10-15(19)22(2)20-14)4-3-5-13(17)16-11-6-8-23(9-7-11)18(16)21/h3-5,10-11H,6-9,19H2,1-2H3. The van der Waals surface area contributed by atoms with E-state index in [4.69, 9.17) is 5.73 Å². The van der Waals surface area contributed by atoms with Gasteiger partial charge in [-0.2, -0.15) is 5.10 Å². The van der Waals surface area contributed by atoms with Crippen molar-refractivity contribution in [1.82, 2.24) is 14.3 Å². The van der Waals surface area contributed by atoms with E-state index in [2.05, 4.69) is 39.8 Å². The molecule has 3 aliphatic rings. The number of anilines is 2. The molecule has 1 saturated heterocycles. The smallest absolute Gasteiger partial charge is 0.121 e. The van der Waals surface area contributed by atoms with E-state index in [-0.39, 0.29) is 0 Å². The monoisotopic (exact) mass is 307 g/mol. The fourth-order valence-corrected chi connectivity index (χ4v) is 4.51. The summed E-state index contributed by atoms with van der Waals surface area (Å²) in [6, 6.07) is 8.55. The van der Waals surface area contributed by atoms with Gasteiger partial charge in [0.1, 0.15) is 11.6 Å². The van der Waals surface area contributed by atoms with E-state index in [1.807, 2.05) is 13.1 Å². The summed E-state index contributed by atoms with van der Waals surface area (Å²) in [6.07, 6.45) is 2.57. The summed E-state index contributed by atoms with van der Waals surface area (Å²) in [5.41, 5.74) is 11.0. The van der Waals surface area contributed by atoms with E-state index in [9.17, 15) is 0 Å². The van der Waals surface area contributed by atoms with Crippen LogP contribution >= 0.6 is 0 Å². The highest BCUT2D eigenvalue weighted by atomic mass is 15.3. The quantitative estimate of drug-likeness (QED) is 0.752. The molecule has 1 aromatic carbocycles. The number of fused-ring (bicyclic) bond motifs is 3. The normalized spacial score (nSPS) is 17.2. The Labute approximate surface area is 135 Å². The number of piperidine rings is 1. The highest BCUT2D eigenvalue weighted by Gasteiger charge is 2.35. The molecule has 0 radical (unpaired) electrons. The van der Waals surface area contributed by atoms with E-state index < -0.39 is 0 Å². The molecule has 0 saturated carbocycles. The van der Waals surface area contributed by atoms with Crippen molar-refractivity contribution in [1.29, 1.82) is 0 Å². The Hall–Kier alpha value is -2.43. The molecule has 0 amide bonds. The maximum atomic E-state index is 6.00. The van der Waals surface area contributed by atoms with Gasteiger partial charge in [0.25, 0.3) is 0 Å². The van der Waals surface area contributed by atoms with Crippen LogP contribution in [0.4, 0.5) is 11.6 Å². The molecule has 2 N–H and O–H groups in total. The molecule has 0 unspecified atom stereocenters. The zero-order valence-corrected chi connectivity index (χ0v) is 13.6. The van der Waals surface area contributed by atoms with Crippen LogP contribution in [-0.4, -0.2) is 27.4 Å². The van der Waals surface area contributed by atoms with Crippen LogP contribution in [0.5, 0.6) is 0 Å². The molecule has 6 rings (SSSR count). The van der Waals surface area contributed by atoms with Crippen LogP contribution in [-0.2, 0) is 14.1 Å². The Morgan fingerprint density at radius 2 is 1.96 bits per heavy atom. The SMILES string of the molecule is Cn1nc(-c2cccc3c4c(n(C)c23)N2CCC4CC2)cc1N. The Bertz CT molecular complexity index is 905. The maximum absolute atomic E-state index is 6.00. The summed E-state index contributed by atoms with van der Waals surface area (Å²) < 4.78 is 4.11. The lowest BCUT2D eigenvalue weighted by molar-refractivity contribution is 0.469. The van der Waals surface area contributed by atoms with Gasteiger partial charge in [0, 0.05) is 49.8 Å². The molecule has 5 heterocycles. The largest absolute Gasteiger partial charge is 0.384 e. The van der Waals surface area contributed by atoms with Gasteiger partial charge in [0.2, 0.25) is 0 Å². The number of aromatic nitrogens is 3. The molecule has 23 heavy (non-hydrogen) atoms. The summed E-state index contributed by atoms with van der Waals surface area (Å²) in [5.74, 6) is 2.82. The summed E-state index contributed by atoms with van der Waals surface area (Å²) in [6.45, 7) is 2.38. The number of nitrogen functional groups attached to an aromatic ring is 1. The average Bonchev–Trinajstić information content (AvgIpc) is 3.08. The molecule has 3 aromatic rings. The van der Waals surface area contributed by atoms with Crippen LogP contribution in [0.1, 0.15) is 24.3 Å². The number of para-hydroxylation sites is 1. The minimum absolute atomic E-state index is 0.694. The Kier molecular flexibility index (Phi) is 2.45. The zero-order chi connectivity index (χ0) is 15.7. The Balaban J connectivity index is 1.85. The second-order valence-electron chi connectivity index (χ2n) is 6.84. The van der Waals surface area contributed by atoms with Crippen molar-refractivity contribution < 1.29 is 0 Å². The first-order chi connectivity index (χ1) is 11.1. The molecule has 0 atom stereocenters. The molecule has 118 valence electrons. The van der Waals surface area contributed by atoms with Gasteiger partial charge < -0.3 is 15.2 Å². The first kappa shape index (κ1) is 13.0. The minimum Gasteiger partial charge on any atom is -0.384 e. The summed E-state index contributed by atoms with van der Waals surface area (Å²) in [7, 11) is 4.08. The molecule has 0 spiro atoms. The molecule has 3 aliphatic heterocycles. The van der Waals surface area contributed by atoms with Crippen molar-refractivity contribution >= 4 is 22.5 Å². The second kappa shape index (κ2) is 4.31. The predicted octanol–water partition coefficient (Wildman–Crippen LogP) is 2.86. The maximum Gasteiger partial charge on any atom is 0.121 e. The first-order valence-corrected chi connectivity index (χ1v) is 8.31. The molecule has 1 fully saturated rings. The Morgan fingerprint density at radius 3 is 2.65 bits per heavy atom. The lowest BCUT2D eigenvalue weighted by atomic mass is 9.84. The third-order valence-electron chi connectivity index (χ3n) is 5.61. The van der Waals surface area contributed by atoms with Crippen molar-refractivity contribution in [3.63, 3.8) is 0 Å². The van der Waals surface area contributed by atoms with E-state index in [0.717, 1.165) is 5.69 Å². The fourth-order valence-electron chi connectivity index (χ4n) is 4.51. The minimum atomic E-state index is 0.694. The molecular weight excluding hydrogens is 286 g/mol. The van der Waals surface area contributed by atoms with Gasteiger partial charge in [0.15, 0.2) is 0 Å². The third kappa shape index (κ3) is 1.59. The number of aryl methyl sites for hydroxylation is 2. The van der Waals surface area contributed by atoms with Gasteiger partial charge in [-0.3, -0.25) is 4.68 Å². The van der Waals surface area contributed by atoms with Gasteiger partial charge in [-0.15, -0.1) is 0 Å². The van der Waals surface area contributed by atoms with Gasteiger partial charge in [-0.25, -0.2) is 0 Å². The highest BCUT2D eigenvalue weighted by Crippen LogP contribution is 2.48. The number of rotatable bonds is 1. The molecule has 5 heteroatoms. The van der Waals surface area contributed by atoms with Crippen LogP contribution in [0, 0.1) is 0 Å². The van der Waals surface area contributed by atoms with Crippen LogP contribution in [0.15, 0.2) is 24.3 Å². The number of nitrogens with two attached hydrogens (primary N) is 1. The molecule has 0 aliphatic carbocycles. The van der Waals surface area contributed by atoms with E-state index in [1.165, 1.54) is 48.2 Å². The Morgan fingerprint density at radius 1 is 1.17 bits per heavy atom. The van der Waals surface area contributed by atoms with Gasteiger partial charge in [-0.1, -0.05) is 18.2 Å². The summed E-state index contributed by atoms with van der Waals surface area (Å²) in [5, 5.41) is 5.98.